The lowest BCUT2D eigenvalue weighted by molar-refractivity contribution is 0.293. The summed E-state index contributed by atoms with van der Waals surface area (Å²) in [7, 11) is 2.13. The molecule has 3 heteroatoms. The van der Waals surface area contributed by atoms with Crippen molar-refractivity contribution in [3.63, 3.8) is 0 Å². The molecule has 2 rings (SSSR count). The van der Waals surface area contributed by atoms with Gasteiger partial charge in [0.2, 0.25) is 0 Å². The van der Waals surface area contributed by atoms with Gasteiger partial charge in [-0.2, -0.15) is 0 Å². The van der Waals surface area contributed by atoms with E-state index in [2.05, 4.69) is 38.5 Å². The molecule has 1 aromatic heterocycles. The molecule has 1 saturated carbocycles. The first kappa shape index (κ1) is 17.0. The van der Waals surface area contributed by atoms with Gasteiger partial charge in [-0.1, -0.05) is 52.9 Å². The zero-order chi connectivity index (χ0) is 15.3. The lowest BCUT2D eigenvalue weighted by Gasteiger charge is -2.28. The van der Waals surface area contributed by atoms with Crippen LogP contribution in [0.1, 0.15) is 76.4 Å². The fraction of sp³-hybridized carbons (Fsp3) is 0.833. The summed E-state index contributed by atoms with van der Waals surface area (Å²) in [5.41, 5.74) is 1.42. The summed E-state index contributed by atoms with van der Waals surface area (Å²) in [5, 5.41) is 7.14. The lowest BCUT2D eigenvalue weighted by atomic mass is 9.84. The Bertz CT molecular complexity index is 411. The van der Waals surface area contributed by atoms with Gasteiger partial charge in [0.05, 0.1) is 10.7 Å². The van der Waals surface area contributed by atoms with Crippen LogP contribution in [-0.4, -0.2) is 18.1 Å². The maximum atomic E-state index is 4.88. The molecule has 21 heavy (non-hydrogen) atoms. The van der Waals surface area contributed by atoms with Gasteiger partial charge in [-0.15, -0.1) is 11.3 Å². The molecule has 1 aromatic rings. The van der Waals surface area contributed by atoms with Crippen LogP contribution in [0.5, 0.6) is 0 Å². The maximum absolute atomic E-state index is 4.88. The summed E-state index contributed by atoms with van der Waals surface area (Å²) in [6, 6.07) is 0.599. The predicted octanol–water partition coefficient (Wildman–Crippen LogP) is 4.93. The number of likely N-dealkylation sites (N-methyl/N-ethyl adjacent to an activating group) is 1. The van der Waals surface area contributed by atoms with Crippen LogP contribution in [0.15, 0.2) is 5.38 Å². The molecule has 0 saturated heterocycles. The highest BCUT2D eigenvalue weighted by Gasteiger charge is 2.23. The van der Waals surface area contributed by atoms with Gasteiger partial charge in [-0.25, -0.2) is 4.98 Å². The van der Waals surface area contributed by atoms with Crippen molar-refractivity contribution in [2.75, 3.05) is 7.05 Å². The number of rotatable bonds is 4. The molecule has 0 spiro atoms. The van der Waals surface area contributed by atoms with E-state index >= 15 is 0 Å². The second-order valence-corrected chi connectivity index (χ2v) is 8.52. The molecule has 1 aliphatic carbocycles. The molecule has 1 fully saturated rings. The van der Waals surface area contributed by atoms with Gasteiger partial charge in [0.1, 0.15) is 0 Å². The fourth-order valence-electron chi connectivity index (χ4n) is 3.33. The van der Waals surface area contributed by atoms with Crippen molar-refractivity contribution in [2.45, 2.75) is 83.6 Å². The average Bonchev–Trinajstić information content (AvgIpc) is 2.85. The molecule has 1 atom stereocenters. The van der Waals surface area contributed by atoms with Crippen molar-refractivity contribution in [3.8, 4) is 0 Å². The first-order chi connectivity index (χ1) is 10.0. The zero-order valence-electron chi connectivity index (χ0n) is 14.2. The van der Waals surface area contributed by atoms with E-state index in [4.69, 9.17) is 4.98 Å². The Morgan fingerprint density at radius 2 is 1.81 bits per heavy atom. The third kappa shape index (κ3) is 5.07. The molecule has 0 bridgehead atoms. The van der Waals surface area contributed by atoms with Crippen LogP contribution in [0.4, 0.5) is 0 Å². The minimum absolute atomic E-state index is 0.171. The van der Waals surface area contributed by atoms with Crippen LogP contribution in [0.25, 0.3) is 0 Å². The fourth-order valence-corrected chi connectivity index (χ4v) is 4.41. The topological polar surface area (TPSA) is 24.9 Å². The van der Waals surface area contributed by atoms with E-state index in [9.17, 15) is 0 Å². The third-order valence-corrected chi connectivity index (χ3v) is 5.68. The van der Waals surface area contributed by atoms with Crippen LogP contribution in [0.2, 0.25) is 0 Å². The molecule has 0 aliphatic heterocycles. The summed E-state index contributed by atoms with van der Waals surface area (Å²) in [6.45, 7) is 6.74. The summed E-state index contributed by atoms with van der Waals surface area (Å²) in [4.78, 5) is 4.88. The average molecular weight is 309 g/mol. The number of thiazole rings is 1. The Morgan fingerprint density at radius 1 is 1.19 bits per heavy atom. The summed E-state index contributed by atoms with van der Waals surface area (Å²) in [5.74, 6) is 0.831. The minimum atomic E-state index is 0.171. The van der Waals surface area contributed by atoms with E-state index in [0.717, 1.165) is 12.3 Å². The zero-order valence-corrected chi connectivity index (χ0v) is 15.1. The first-order valence-corrected chi connectivity index (χ1v) is 9.51. The molecule has 1 heterocycles. The standard InChI is InChI=1S/C18H32N2S/c1-18(2,3)16-13-21-17(20-16)12-15(19-4)14-10-8-6-5-7-9-11-14/h13-15,19H,5-12H2,1-4H3. The molecular formula is C18H32N2S. The second kappa shape index (κ2) is 7.73. The van der Waals surface area contributed by atoms with Crippen molar-refractivity contribution < 1.29 is 0 Å². The molecule has 120 valence electrons. The van der Waals surface area contributed by atoms with Gasteiger partial charge in [0.25, 0.3) is 0 Å². The normalized spacial score (nSPS) is 20.0. The molecule has 0 amide bonds. The van der Waals surface area contributed by atoms with Crippen molar-refractivity contribution >= 4 is 11.3 Å². The quantitative estimate of drug-likeness (QED) is 0.853. The van der Waals surface area contributed by atoms with Crippen molar-refractivity contribution in [1.82, 2.24) is 10.3 Å². The predicted molar refractivity (Wildman–Crippen MR) is 93.2 cm³/mol. The highest BCUT2D eigenvalue weighted by molar-refractivity contribution is 7.09. The first-order valence-electron chi connectivity index (χ1n) is 8.63. The van der Waals surface area contributed by atoms with Crippen LogP contribution >= 0.6 is 11.3 Å². The maximum Gasteiger partial charge on any atom is 0.0944 e. The van der Waals surface area contributed by atoms with Crippen molar-refractivity contribution in [3.05, 3.63) is 16.1 Å². The lowest BCUT2D eigenvalue weighted by Crippen LogP contribution is -2.36. The number of nitrogens with zero attached hydrogens (tertiary/aromatic N) is 1. The monoisotopic (exact) mass is 308 g/mol. The molecule has 1 aliphatic rings. The van der Waals surface area contributed by atoms with E-state index < -0.39 is 0 Å². The van der Waals surface area contributed by atoms with E-state index in [1.165, 1.54) is 55.6 Å². The van der Waals surface area contributed by atoms with Crippen molar-refractivity contribution in [2.24, 2.45) is 5.92 Å². The number of nitrogens with one attached hydrogen (secondary N) is 1. The third-order valence-electron chi connectivity index (χ3n) is 4.80. The van der Waals surface area contributed by atoms with E-state index in [1.807, 2.05) is 11.3 Å². The minimum Gasteiger partial charge on any atom is -0.316 e. The Kier molecular flexibility index (Phi) is 6.24. The number of aromatic nitrogens is 1. The van der Waals surface area contributed by atoms with E-state index in [1.54, 1.807) is 0 Å². The van der Waals surface area contributed by atoms with Gasteiger partial charge in [0, 0.05) is 23.3 Å². The van der Waals surface area contributed by atoms with Gasteiger partial charge >= 0.3 is 0 Å². The van der Waals surface area contributed by atoms with Crippen LogP contribution in [-0.2, 0) is 11.8 Å². The van der Waals surface area contributed by atoms with Crippen LogP contribution in [0.3, 0.4) is 0 Å². The van der Waals surface area contributed by atoms with E-state index in [-0.39, 0.29) is 5.41 Å². The molecular weight excluding hydrogens is 276 g/mol. The van der Waals surface area contributed by atoms with Gasteiger partial charge in [-0.3, -0.25) is 0 Å². The summed E-state index contributed by atoms with van der Waals surface area (Å²) >= 11 is 1.84. The Morgan fingerprint density at radius 3 is 2.33 bits per heavy atom. The second-order valence-electron chi connectivity index (χ2n) is 7.58. The Balaban J connectivity index is 1.99. The Hall–Kier alpha value is -0.410. The van der Waals surface area contributed by atoms with Crippen LogP contribution in [0, 0.1) is 5.92 Å². The van der Waals surface area contributed by atoms with E-state index in [0.29, 0.717) is 6.04 Å². The molecule has 2 nitrogen and oxygen atoms in total. The summed E-state index contributed by atoms with van der Waals surface area (Å²) in [6.07, 6.45) is 11.0. The SMILES string of the molecule is CNC(Cc1nc(C(C)(C)C)cs1)C1CCCCCCC1. The molecule has 0 aromatic carbocycles. The highest BCUT2D eigenvalue weighted by atomic mass is 32.1. The Labute approximate surface area is 134 Å². The molecule has 1 unspecified atom stereocenters. The molecule has 1 N–H and O–H groups in total. The number of hydrogen-bond acceptors (Lipinski definition) is 3. The van der Waals surface area contributed by atoms with Gasteiger partial charge in [0.15, 0.2) is 0 Å². The number of hydrogen-bond donors (Lipinski definition) is 1. The molecule has 0 radical (unpaired) electrons. The van der Waals surface area contributed by atoms with Gasteiger partial charge < -0.3 is 5.32 Å². The van der Waals surface area contributed by atoms with Gasteiger partial charge in [-0.05, 0) is 25.8 Å². The highest BCUT2D eigenvalue weighted by Crippen LogP contribution is 2.29. The summed E-state index contributed by atoms with van der Waals surface area (Å²) < 4.78 is 0. The van der Waals surface area contributed by atoms with Crippen LogP contribution < -0.4 is 5.32 Å². The van der Waals surface area contributed by atoms with Crippen molar-refractivity contribution in [1.29, 1.82) is 0 Å². The smallest absolute Gasteiger partial charge is 0.0944 e. The largest absolute Gasteiger partial charge is 0.316 e.